The zero-order valence-corrected chi connectivity index (χ0v) is 15.9. The second kappa shape index (κ2) is 9.11. The predicted molar refractivity (Wildman–Crippen MR) is 99.8 cm³/mol. The van der Waals surface area contributed by atoms with E-state index in [9.17, 15) is 13.2 Å². The number of ether oxygens (including phenoxy) is 1. The lowest BCUT2D eigenvalue weighted by atomic mass is 10.2. The number of alkyl halides is 3. The number of nitrogens with one attached hydrogen (secondary N) is 1. The monoisotopic (exact) mass is 471 g/mol. The van der Waals surface area contributed by atoms with Crippen molar-refractivity contribution in [2.75, 3.05) is 0 Å². The number of aryl methyl sites for hydroxylation is 1. The molecule has 0 atom stereocenters. The van der Waals surface area contributed by atoms with Gasteiger partial charge in [-0.2, -0.15) is 0 Å². The molecule has 0 fully saturated rings. The molecule has 1 heterocycles. The van der Waals surface area contributed by atoms with Crippen LogP contribution in [0.1, 0.15) is 16.0 Å². The number of thiophene rings is 1. The van der Waals surface area contributed by atoms with Crippen LogP contribution in [0, 0.1) is 6.92 Å². The SMILES string of the molecule is Cc1ccsc1CNC(N)=NCc1ccc(OC(F)(F)F)cc1.I. The topological polar surface area (TPSA) is 59.6 Å². The summed E-state index contributed by atoms with van der Waals surface area (Å²) in [6.07, 6.45) is -4.69. The first-order valence-corrected chi connectivity index (χ1v) is 7.63. The standard InChI is InChI=1S/C15H16F3N3OS.HI/c1-10-6-7-23-13(10)9-21-14(19)20-8-11-2-4-12(5-3-11)22-15(16,17)18;/h2-7H,8-9H2,1H3,(H3,19,20,21);1H. The zero-order chi connectivity index (χ0) is 16.9. The summed E-state index contributed by atoms with van der Waals surface area (Å²) in [6, 6.07) is 7.55. The van der Waals surface area contributed by atoms with E-state index in [2.05, 4.69) is 15.0 Å². The summed E-state index contributed by atoms with van der Waals surface area (Å²) in [5.41, 5.74) is 7.69. The van der Waals surface area contributed by atoms with Gasteiger partial charge in [0.2, 0.25) is 0 Å². The number of aliphatic imine (C=N–C) groups is 1. The Bertz CT molecular complexity index is 671. The molecule has 0 spiro atoms. The molecule has 4 nitrogen and oxygen atoms in total. The number of hydrogen-bond donors (Lipinski definition) is 2. The van der Waals surface area contributed by atoms with Crippen molar-refractivity contribution >= 4 is 41.3 Å². The quantitative estimate of drug-likeness (QED) is 0.391. The molecule has 2 aromatic rings. The third-order valence-corrected chi connectivity index (χ3v) is 4.01. The van der Waals surface area contributed by atoms with Crippen molar-refractivity contribution in [1.82, 2.24) is 5.32 Å². The van der Waals surface area contributed by atoms with Crippen LogP contribution < -0.4 is 15.8 Å². The fourth-order valence-electron chi connectivity index (χ4n) is 1.78. The molecule has 0 saturated heterocycles. The van der Waals surface area contributed by atoms with E-state index < -0.39 is 6.36 Å². The van der Waals surface area contributed by atoms with E-state index in [0.717, 1.165) is 5.56 Å². The van der Waals surface area contributed by atoms with E-state index in [-0.39, 0.29) is 42.2 Å². The van der Waals surface area contributed by atoms with Crippen LogP contribution in [0.5, 0.6) is 5.75 Å². The molecular weight excluding hydrogens is 454 g/mol. The van der Waals surface area contributed by atoms with Crippen LogP contribution in [0.4, 0.5) is 13.2 Å². The van der Waals surface area contributed by atoms with Crippen LogP contribution in [0.15, 0.2) is 40.7 Å². The van der Waals surface area contributed by atoms with Crippen molar-refractivity contribution < 1.29 is 17.9 Å². The van der Waals surface area contributed by atoms with Gasteiger partial charge in [0.25, 0.3) is 0 Å². The van der Waals surface area contributed by atoms with Crippen molar-refractivity contribution in [1.29, 1.82) is 0 Å². The second-order valence-corrected chi connectivity index (χ2v) is 5.77. The van der Waals surface area contributed by atoms with Gasteiger partial charge < -0.3 is 15.8 Å². The minimum Gasteiger partial charge on any atom is -0.406 e. The Morgan fingerprint density at radius 1 is 1.25 bits per heavy atom. The highest BCUT2D eigenvalue weighted by atomic mass is 127. The van der Waals surface area contributed by atoms with Crippen LogP contribution >= 0.6 is 35.3 Å². The maximum atomic E-state index is 12.1. The Morgan fingerprint density at radius 3 is 2.46 bits per heavy atom. The van der Waals surface area contributed by atoms with Gasteiger partial charge in [0.1, 0.15) is 5.75 Å². The minimum absolute atomic E-state index is 0. The molecule has 0 unspecified atom stereocenters. The van der Waals surface area contributed by atoms with Gasteiger partial charge in [0.05, 0.1) is 13.1 Å². The lowest BCUT2D eigenvalue weighted by Crippen LogP contribution is -2.31. The summed E-state index contributed by atoms with van der Waals surface area (Å²) in [4.78, 5) is 5.33. The molecule has 0 radical (unpaired) electrons. The lowest BCUT2D eigenvalue weighted by Gasteiger charge is -2.09. The van der Waals surface area contributed by atoms with Gasteiger partial charge >= 0.3 is 6.36 Å². The number of nitrogens with two attached hydrogens (primary N) is 1. The van der Waals surface area contributed by atoms with E-state index >= 15 is 0 Å². The van der Waals surface area contributed by atoms with Gasteiger partial charge in [0, 0.05) is 4.88 Å². The Hall–Kier alpha value is -1.49. The molecule has 0 bridgehead atoms. The molecule has 1 aromatic heterocycles. The van der Waals surface area contributed by atoms with Gasteiger partial charge in [-0.1, -0.05) is 12.1 Å². The molecule has 132 valence electrons. The average molecular weight is 471 g/mol. The molecule has 2 rings (SSSR count). The van der Waals surface area contributed by atoms with Gasteiger partial charge in [0.15, 0.2) is 5.96 Å². The Kier molecular flexibility index (Phi) is 7.80. The van der Waals surface area contributed by atoms with Crippen LogP contribution in [0.25, 0.3) is 0 Å². The lowest BCUT2D eigenvalue weighted by molar-refractivity contribution is -0.274. The zero-order valence-electron chi connectivity index (χ0n) is 12.8. The number of hydrogen-bond acceptors (Lipinski definition) is 3. The van der Waals surface area contributed by atoms with E-state index in [4.69, 9.17) is 5.73 Å². The second-order valence-electron chi connectivity index (χ2n) is 4.77. The third kappa shape index (κ3) is 6.95. The fraction of sp³-hybridized carbons (Fsp3) is 0.267. The van der Waals surface area contributed by atoms with Crippen molar-refractivity contribution in [3.05, 3.63) is 51.7 Å². The molecular formula is C15H17F3IN3OS. The molecule has 0 amide bonds. The maximum Gasteiger partial charge on any atom is 0.573 e. The first-order chi connectivity index (χ1) is 10.8. The van der Waals surface area contributed by atoms with E-state index in [1.165, 1.54) is 34.7 Å². The van der Waals surface area contributed by atoms with E-state index in [1.807, 2.05) is 18.4 Å². The summed E-state index contributed by atoms with van der Waals surface area (Å²) in [7, 11) is 0. The molecule has 0 aliphatic carbocycles. The molecule has 9 heteroatoms. The van der Waals surface area contributed by atoms with Crippen molar-refractivity contribution in [3.63, 3.8) is 0 Å². The molecule has 0 aliphatic rings. The van der Waals surface area contributed by atoms with Gasteiger partial charge in [-0.3, -0.25) is 0 Å². The third-order valence-electron chi connectivity index (χ3n) is 2.99. The summed E-state index contributed by atoms with van der Waals surface area (Å²) in [6.45, 7) is 2.89. The summed E-state index contributed by atoms with van der Waals surface area (Å²) in [5, 5.41) is 5.01. The van der Waals surface area contributed by atoms with Crippen LogP contribution in [-0.4, -0.2) is 12.3 Å². The normalized spacial score (nSPS) is 11.8. The Labute approximate surface area is 158 Å². The number of nitrogens with zero attached hydrogens (tertiary/aromatic N) is 1. The van der Waals surface area contributed by atoms with Crippen molar-refractivity contribution in [2.24, 2.45) is 10.7 Å². The smallest absolute Gasteiger partial charge is 0.406 e. The number of guanidine groups is 1. The first kappa shape index (κ1) is 20.6. The molecule has 1 aromatic carbocycles. The van der Waals surface area contributed by atoms with Crippen LogP contribution in [-0.2, 0) is 13.1 Å². The first-order valence-electron chi connectivity index (χ1n) is 6.75. The molecule has 3 N–H and O–H groups in total. The summed E-state index contributed by atoms with van der Waals surface area (Å²) >= 11 is 1.63. The van der Waals surface area contributed by atoms with Gasteiger partial charge in [-0.15, -0.1) is 48.5 Å². The maximum absolute atomic E-state index is 12.1. The number of benzene rings is 1. The van der Waals surface area contributed by atoms with Crippen LogP contribution in [0.3, 0.4) is 0 Å². The van der Waals surface area contributed by atoms with Gasteiger partial charge in [-0.25, -0.2) is 4.99 Å². The highest BCUT2D eigenvalue weighted by molar-refractivity contribution is 14.0. The highest BCUT2D eigenvalue weighted by Gasteiger charge is 2.30. The minimum atomic E-state index is -4.69. The summed E-state index contributed by atoms with van der Waals surface area (Å²) in [5.74, 6) is 0.0258. The predicted octanol–water partition coefficient (Wildman–Crippen LogP) is 4.18. The van der Waals surface area contributed by atoms with Crippen molar-refractivity contribution in [3.8, 4) is 5.75 Å². The van der Waals surface area contributed by atoms with Crippen LogP contribution in [0.2, 0.25) is 0 Å². The fourth-order valence-corrected chi connectivity index (χ4v) is 2.63. The number of rotatable bonds is 5. The molecule has 24 heavy (non-hydrogen) atoms. The Balaban J connectivity index is 0.00000288. The average Bonchev–Trinajstić information content (AvgIpc) is 2.88. The Morgan fingerprint density at radius 2 is 1.92 bits per heavy atom. The molecule has 0 saturated carbocycles. The highest BCUT2D eigenvalue weighted by Crippen LogP contribution is 2.22. The van der Waals surface area contributed by atoms with Crippen molar-refractivity contribution in [2.45, 2.75) is 26.4 Å². The van der Waals surface area contributed by atoms with E-state index in [1.54, 1.807) is 11.3 Å². The number of halogens is 4. The molecule has 0 aliphatic heterocycles. The van der Waals surface area contributed by atoms with E-state index in [0.29, 0.717) is 6.54 Å². The van der Waals surface area contributed by atoms with Gasteiger partial charge in [-0.05, 0) is 41.6 Å². The summed E-state index contributed by atoms with van der Waals surface area (Å²) < 4.78 is 40.0. The largest absolute Gasteiger partial charge is 0.573 e.